The van der Waals surface area contributed by atoms with Gasteiger partial charge >= 0.3 is 0 Å². The Morgan fingerprint density at radius 2 is 2.12 bits per heavy atom. The highest BCUT2D eigenvalue weighted by Gasteiger charge is 2.31. The van der Waals surface area contributed by atoms with E-state index >= 15 is 0 Å². The Kier molecular flexibility index (Phi) is 4.77. The van der Waals surface area contributed by atoms with E-state index in [9.17, 15) is 14.0 Å². The highest BCUT2D eigenvalue weighted by Crippen LogP contribution is 2.40. The van der Waals surface area contributed by atoms with Crippen molar-refractivity contribution in [1.82, 2.24) is 0 Å². The number of anilines is 1. The molecule has 130 valence electrons. The Bertz CT molecular complexity index is 866. The van der Waals surface area contributed by atoms with Crippen LogP contribution in [0.4, 0.5) is 10.1 Å². The lowest BCUT2D eigenvalue weighted by molar-refractivity contribution is -0.118. The van der Waals surface area contributed by atoms with Crippen molar-refractivity contribution < 1.29 is 18.7 Å². The summed E-state index contributed by atoms with van der Waals surface area (Å²) in [5.41, 5.74) is 2.99. The number of carbonyl (C=O) groups is 2. The molecule has 3 rings (SSSR count). The van der Waals surface area contributed by atoms with Gasteiger partial charge in [-0.05, 0) is 48.2 Å². The van der Waals surface area contributed by atoms with Gasteiger partial charge in [0.1, 0.15) is 11.6 Å². The molecule has 6 heteroatoms. The number of hydrogen-bond acceptors (Lipinski definition) is 3. The largest absolute Gasteiger partial charge is 0.483 e. The third-order valence-corrected chi connectivity index (χ3v) is 4.54. The molecule has 0 aliphatic heterocycles. The third-order valence-electron chi connectivity index (χ3n) is 4.25. The van der Waals surface area contributed by atoms with E-state index in [-0.39, 0.29) is 23.3 Å². The van der Waals surface area contributed by atoms with Crippen LogP contribution in [0.3, 0.4) is 0 Å². The van der Waals surface area contributed by atoms with Gasteiger partial charge in [-0.1, -0.05) is 24.6 Å². The first-order chi connectivity index (χ1) is 11.9. The quantitative estimate of drug-likeness (QED) is 0.872. The minimum atomic E-state index is -0.557. The monoisotopic (exact) mass is 361 g/mol. The smallest absolute Gasteiger partial charge is 0.262 e. The van der Waals surface area contributed by atoms with Crippen LogP contribution in [-0.4, -0.2) is 18.3 Å². The highest BCUT2D eigenvalue weighted by molar-refractivity contribution is 6.31. The number of rotatable bonds is 4. The summed E-state index contributed by atoms with van der Waals surface area (Å²) in [6.45, 7) is 3.71. The van der Waals surface area contributed by atoms with E-state index in [1.54, 1.807) is 6.07 Å². The fraction of sp³-hybridized carbons (Fsp3) is 0.263. The SMILES string of the molecule is Cc1ccc(OCC(=O)Nc2ccc(F)c(Cl)c2)c2c1C(C)CC2=O. The van der Waals surface area contributed by atoms with Gasteiger partial charge in [-0.25, -0.2) is 4.39 Å². The number of nitrogens with one attached hydrogen (secondary N) is 1. The summed E-state index contributed by atoms with van der Waals surface area (Å²) in [6, 6.07) is 7.51. The van der Waals surface area contributed by atoms with E-state index in [1.165, 1.54) is 18.2 Å². The summed E-state index contributed by atoms with van der Waals surface area (Å²) in [5.74, 6) is -0.371. The van der Waals surface area contributed by atoms with Crippen molar-refractivity contribution >= 4 is 29.0 Å². The minimum absolute atomic E-state index is 0.0342. The first-order valence-corrected chi connectivity index (χ1v) is 8.29. The maximum absolute atomic E-state index is 13.1. The summed E-state index contributed by atoms with van der Waals surface area (Å²) in [6.07, 6.45) is 0.455. The molecule has 0 bridgehead atoms. The van der Waals surface area contributed by atoms with Crippen LogP contribution in [0.2, 0.25) is 5.02 Å². The van der Waals surface area contributed by atoms with E-state index in [0.29, 0.717) is 23.4 Å². The zero-order chi connectivity index (χ0) is 18.1. The Labute approximate surface area is 149 Å². The number of hydrogen-bond donors (Lipinski definition) is 1. The fourth-order valence-electron chi connectivity index (χ4n) is 3.14. The molecule has 25 heavy (non-hydrogen) atoms. The van der Waals surface area contributed by atoms with E-state index in [4.69, 9.17) is 16.3 Å². The number of ketones is 1. The van der Waals surface area contributed by atoms with E-state index in [1.807, 2.05) is 19.9 Å². The van der Waals surface area contributed by atoms with Gasteiger partial charge in [-0.2, -0.15) is 0 Å². The molecule has 0 spiro atoms. The predicted molar refractivity (Wildman–Crippen MR) is 94.1 cm³/mol. The van der Waals surface area contributed by atoms with Crippen molar-refractivity contribution in [3.63, 3.8) is 0 Å². The second-order valence-electron chi connectivity index (χ2n) is 6.16. The molecule has 1 unspecified atom stereocenters. The lowest BCUT2D eigenvalue weighted by atomic mass is 9.97. The molecule has 4 nitrogen and oxygen atoms in total. The number of amides is 1. The van der Waals surface area contributed by atoms with Crippen LogP contribution >= 0.6 is 11.6 Å². The van der Waals surface area contributed by atoms with Gasteiger partial charge in [0.25, 0.3) is 5.91 Å². The van der Waals surface area contributed by atoms with Crippen molar-refractivity contribution in [1.29, 1.82) is 0 Å². The number of aryl methyl sites for hydroxylation is 1. The van der Waals surface area contributed by atoms with Gasteiger partial charge < -0.3 is 10.1 Å². The van der Waals surface area contributed by atoms with Crippen molar-refractivity contribution in [3.8, 4) is 5.75 Å². The Morgan fingerprint density at radius 3 is 2.84 bits per heavy atom. The van der Waals surface area contributed by atoms with Crippen molar-refractivity contribution in [2.45, 2.75) is 26.2 Å². The van der Waals surface area contributed by atoms with Crippen molar-refractivity contribution in [2.24, 2.45) is 0 Å². The Hall–Kier alpha value is -2.40. The first kappa shape index (κ1) is 17.4. The molecule has 2 aromatic rings. The molecule has 0 fully saturated rings. The Balaban J connectivity index is 1.71. The van der Waals surface area contributed by atoms with Crippen molar-refractivity contribution in [2.75, 3.05) is 11.9 Å². The number of carbonyl (C=O) groups excluding carboxylic acids is 2. The maximum Gasteiger partial charge on any atom is 0.262 e. The molecule has 0 radical (unpaired) electrons. The number of benzene rings is 2. The average molecular weight is 362 g/mol. The topological polar surface area (TPSA) is 55.4 Å². The molecule has 1 amide bonds. The van der Waals surface area contributed by atoms with E-state index in [2.05, 4.69) is 5.32 Å². The first-order valence-electron chi connectivity index (χ1n) is 7.91. The van der Waals surface area contributed by atoms with Gasteiger partial charge in [0, 0.05) is 12.1 Å². The lowest BCUT2D eigenvalue weighted by Gasteiger charge is -2.13. The van der Waals surface area contributed by atoms with Gasteiger partial charge in [-0.15, -0.1) is 0 Å². The average Bonchev–Trinajstić information content (AvgIpc) is 2.86. The zero-order valence-electron chi connectivity index (χ0n) is 13.9. The number of ether oxygens (including phenoxy) is 1. The van der Waals surface area contributed by atoms with Crippen LogP contribution in [0.25, 0.3) is 0 Å². The van der Waals surface area contributed by atoms with Crippen molar-refractivity contribution in [3.05, 3.63) is 57.9 Å². The lowest BCUT2D eigenvalue weighted by Crippen LogP contribution is -2.20. The van der Waals surface area contributed by atoms with Gasteiger partial charge in [0.2, 0.25) is 0 Å². The Morgan fingerprint density at radius 1 is 1.36 bits per heavy atom. The summed E-state index contributed by atoms with van der Waals surface area (Å²) in [5, 5.41) is 2.50. The highest BCUT2D eigenvalue weighted by atomic mass is 35.5. The van der Waals surface area contributed by atoms with Crippen LogP contribution in [-0.2, 0) is 4.79 Å². The number of Topliss-reactive ketones (excluding diaryl/α,β-unsaturated/α-hetero) is 1. The molecule has 1 atom stereocenters. The summed E-state index contributed by atoms with van der Waals surface area (Å²) in [4.78, 5) is 24.3. The van der Waals surface area contributed by atoms with Crippen LogP contribution in [0.15, 0.2) is 30.3 Å². The van der Waals surface area contributed by atoms with Crippen LogP contribution < -0.4 is 10.1 Å². The molecular formula is C19H17ClFNO3. The summed E-state index contributed by atoms with van der Waals surface area (Å²) < 4.78 is 18.7. The van der Waals surface area contributed by atoms with Crippen LogP contribution in [0, 0.1) is 12.7 Å². The minimum Gasteiger partial charge on any atom is -0.483 e. The zero-order valence-corrected chi connectivity index (χ0v) is 14.6. The molecule has 0 aromatic heterocycles. The van der Waals surface area contributed by atoms with E-state index in [0.717, 1.165) is 11.1 Å². The molecule has 0 saturated carbocycles. The fourth-order valence-corrected chi connectivity index (χ4v) is 3.32. The molecule has 1 aliphatic rings. The molecule has 1 N–H and O–H groups in total. The standard InChI is InChI=1S/C19H17ClFNO3/c1-10-3-6-16(19-15(23)7-11(2)18(10)19)25-9-17(24)22-12-4-5-14(21)13(20)8-12/h3-6,8,11H,7,9H2,1-2H3,(H,22,24). The second-order valence-corrected chi connectivity index (χ2v) is 6.57. The van der Waals surface area contributed by atoms with Crippen LogP contribution in [0.1, 0.15) is 40.7 Å². The van der Waals surface area contributed by atoms with Gasteiger partial charge in [0.15, 0.2) is 12.4 Å². The third kappa shape index (κ3) is 3.51. The summed E-state index contributed by atoms with van der Waals surface area (Å²) in [7, 11) is 0. The number of halogens is 2. The van der Waals surface area contributed by atoms with Gasteiger partial charge in [-0.3, -0.25) is 9.59 Å². The molecule has 2 aromatic carbocycles. The molecule has 1 aliphatic carbocycles. The maximum atomic E-state index is 13.1. The van der Waals surface area contributed by atoms with Gasteiger partial charge in [0.05, 0.1) is 10.6 Å². The summed E-state index contributed by atoms with van der Waals surface area (Å²) >= 11 is 5.68. The van der Waals surface area contributed by atoms with E-state index < -0.39 is 11.7 Å². The predicted octanol–water partition coefficient (Wildman–Crippen LogP) is 4.49. The molecular weight excluding hydrogens is 345 g/mol. The normalized spacial score (nSPS) is 15.8. The van der Waals surface area contributed by atoms with Crippen LogP contribution in [0.5, 0.6) is 5.75 Å². The molecule has 0 saturated heterocycles. The number of fused-ring (bicyclic) bond motifs is 1. The molecule has 0 heterocycles. The second kappa shape index (κ2) is 6.84.